The highest BCUT2D eigenvalue weighted by Crippen LogP contribution is 2.19. The van der Waals surface area contributed by atoms with Crippen LogP contribution in [0.4, 0.5) is 0 Å². The van der Waals surface area contributed by atoms with Gasteiger partial charge < -0.3 is 5.11 Å². The second kappa shape index (κ2) is 5.46. The number of aryl methyl sites for hydroxylation is 1. The Morgan fingerprint density at radius 1 is 1.31 bits per heavy atom. The van der Waals surface area contributed by atoms with Gasteiger partial charge in [-0.15, -0.1) is 0 Å². The summed E-state index contributed by atoms with van der Waals surface area (Å²) in [6, 6.07) is 8.57. The second-order valence-electron chi connectivity index (χ2n) is 5.13. The van der Waals surface area contributed by atoms with Gasteiger partial charge in [0.2, 0.25) is 0 Å². The van der Waals surface area contributed by atoms with Crippen LogP contribution in [-0.4, -0.2) is 29.2 Å². The zero-order valence-corrected chi connectivity index (χ0v) is 10.8. The van der Waals surface area contributed by atoms with E-state index in [1.807, 2.05) is 0 Å². The Kier molecular flexibility index (Phi) is 4.51. The van der Waals surface area contributed by atoms with E-state index >= 15 is 0 Å². The van der Waals surface area contributed by atoms with Crippen LogP contribution in [0, 0.1) is 6.92 Å². The van der Waals surface area contributed by atoms with Crippen molar-refractivity contribution in [1.29, 1.82) is 0 Å². The molecule has 0 heterocycles. The first kappa shape index (κ1) is 13.2. The van der Waals surface area contributed by atoms with Gasteiger partial charge in [0, 0.05) is 18.7 Å². The maximum atomic E-state index is 9.03. The Morgan fingerprint density at radius 2 is 2.00 bits per heavy atom. The van der Waals surface area contributed by atoms with Crippen molar-refractivity contribution < 1.29 is 5.11 Å². The quantitative estimate of drug-likeness (QED) is 0.826. The van der Waals surface area contributed by atoms with Gasteiger partial charge in [0.25, 0.3) is 0 Å². The Bertz CT molecular complexity index is 333. The molecule has 2 heteroatoms. The third-order valence-electron chi connectivity index (χ3n) is 3.26. The molecule has 1 N–H and O–H groups in total. The number of aliphatic hydroxyl groups is 1. The van der Waals surface area contributed by atoms with E-state index in [2.05, 4.69) is 57.0 Å². The van der Waals surface area contributed by atoms with Crippen LogP contribution in [0.1, 0.15) is 31.4 Å². The van der Waals surface area contributed by atoms with Crippen molar-refractivity contribution in [2.24, 2.45) is 0 Å². The Hall–Kier alpha value is -0.860. The van der Waals surface area contributed by atoms with Crippen molar-refractivity contribution in [3.63, 3.8) is 0 Å². The summed E-state index contributed by atoms with van der Waals surface area (Å²) in [5, 5.41) is 9.03. The van der Waals surface area contributed by atoms with E-state index in [4.69, 9.17) is 5.11 Å². The molecule has 90 valence electrons. The summed E-state index contributed by atoms with van der Waals surface area (Å²) in [7, 11) is 2.11. The lowest BCUT2D eigenvalue weighted by molar-refractivity contribution is 0.110. The van der Waals surface area contributed by atoms with Crippen molar-refractivity contribution in [2.75, 3.05) is 13.7 Å². The first-order chi connectivity index (χ1) is 7.45. The fourth-order valence-corrected chi connectivity index (χ4v) is 1.76. The number of rotatable bonds is 5. The smallest absolute Gasteiger partial charge is 0.0448 e. The highest BCUT2D eigenvalue weighted by molar-refractivity contribution is 5.22. The lowest BCUT2D eigenvalue weighted by atomic mass is 9.98. The average molecular weight is 221 g/mol. The van der Waals surface area contributed by atoms with Crippen molar-refractivity contribution in [3.05, 3.63) is 35.4 Å². The topological polar surface area (TPSA) is 23.5 Å². The summed E-state index contributed by atoms with van der Waals surface area (Å²) in [5.41, 5.74) is 2.66. The number of hydrogen-bond donors (Lipinski definition) is 1. The van der Waals surface area contributed by atoms with Crippen LogP contribution in [0.3, 0.4) is 0 Å². The van der Waals surface area contributed by atoms with Gasteiger partial charge in [0.05, 0.1) is 0 Å². The first-order valence-corrected chi connectivity index (χ1v) is 5.83. The van der Waals surface area contributed by atoms with Gasteiger partial charge in [-0.3, -0.25) is 4.90 Å². The maximum absolute atomic E-state index is 9.03. The maximum Gasteiger partial charge on any atom is 0.0448 e. The van der Waals surface area contributed by atoms with E-state index < -0.39 is 0 Å². The molecule has 0 saturated heterocycles. The molecule has 0 radical (unpaired) electrons. The van der Waals surface area contributed by atoms with Gasteiger partial charge in [0.1, 0.15) is 0 Å². The normalized spacial score (nSPS) is 12.1. The highest BCUT2D eigenvalue weighted by Gasteiger charge is 2.22. The lowest BCUT2D eigenvalue weighted by Crippen LogP contribution is -2.41. The van der Waals surface area contributed by atoms with Gasteiger partial charge in [-0.2, -0.15) is 0 Å². The van der Waals surface area contributed by atoms with Gasteiger partial charge >= 0.3 is 0 Å². The third kappa shape index (κ3) is 3.62. The molecule has 0 amide bonds. The van der Waals surface area contributed by atoms with Crippen LogP contribution >= 0.6 is 0 Å². The fourth-order valence-electron chi connectivity index (χ4n) is 1.76. The summed E-state index contributed by atoms with van der Waals surface area (Å²) in [6.45, 7) is 7.61. The van der Waals surface area contributed by atoms with E-state index in [0.29, 0.717) is 0 Å². The van der Waals surface area contributed by atoms with Gasteiger partial charge in [-0.05, 0) is 39.8 Å². The Balaban J connectivity index is 2.67. The van der Waals surface area contributed by atoms with Crippen molar-refractivity contribution in [1.82, 2.24) is 4.90 Å². The van der Waals surface area contributed by atoms with Crippen molar-refractivity contribution in [3.8, 4) is 0 Å². The molecule has 1 rings (SSSR count). The molecule has 0 saturated carbocycles. The van der Waals surface area contributed by atoms with E-state index in [1.165, 1.54) is 11.1 Å². The van der Waals surface area contributed by atoms with Crippen LogP contribution in [0.2, 0.25) is 0 Å². The summed E-state index contributed by atoms with van der Waals surface area (Å²) in [4.78, 5) is 2.29. The fraction of sp³-hybridized carbons (Fsp3) is 0.571. The summed E-state index contributed by atoms with van der Waals surface area (Å²) in [6.07, 6.45) is 0.801. The largest absolute Gasteiger partial charge is 0.396 e. The monoisotopic (exact) mass is 221 g/mol. The molecule has 0 bridgehead atoms. The molecule has 0 spiro atoms. The van der Waals surface area contributed by atoms with E-state index in [9.17, 15) is 0 Å². The van der Waals surface area contributed by atoms with Gasteiger partial charge in [-0.25, -0.2) is 0 Å². The molecular formula is C14H23NO. The van der Waals surface area contributed by atoms with Crippen LogP contribution in [0.25, 0.3) is 0 Å². The Labute approximate surface area is 98.9 Å². The first-order valence-electron chi connectivity index (χ1n) is 5.83. The molecule has 0 aliphatic rings. The van der Waals surface area contributed by atoms with Crippen LogP contribution in [0.5, 0.6) is 0 Å². The van der Waals surface area contributed by atoms with Crippen molar-refractivity contribution in [2.45, 2.75) is 39.3 Å². The molecule has 0 aliphatic heterocycles. The number of nitrogens with zero attached hydrogens (tertiary/aromatic N) is 1. The minimum atomic E-state index is 0.0402. The van der Waals surface area contributed by atoms with Gasteiger partial charge in [0.15, 0.2) is 0 Å². The molecule has 0 unspecified atom stereocenters. The second-order valence-corrected chi connectivity index (χ2v) is 5.13. The van der Waals surface area contributed by atoms with E-state index in [0.717, 1.165) is 13.0 Å². The molecule has 0 aliphatic carbocycles. The SMILES string of the molecule is Cc1cccc(CN(C)C(C)(C)CCO)c1. The van der Waals surface area contributed by atoms with E-state index in [1.54, 1.807) is 0 Å². The zero-order chi connectivity index (χ0) is 12.2. The Morgan fingerprint density at radius 3 is 2.56 bits per heavy atom. The summed E-state index contributed by atoms with van der Waals surface area (Å²) >= 11 is 0. The third-order valence-corrected chi connectivity index (χ3v) is 3.26. The predicted molar refractivity (Wildman–Crippen MR) is 68.4 cm³/mol. The summed E-state index contributed by atoms with van der Waals surface area (Å²) in [5.74, 6) is 0. The van der Waals surface area contributed by atoms with Crippen LogP contribution < -0.4 is 0 Å². The zero-order valence-electron chi connectivity index (χ0n) is 10.8. The molecular weight excluding hydrogens is 198 g/mol. The summed E-state index contributed by atoms with van der Waals surface area (Å²) < 4.78 is 0. The molecule has 0 aromatic heterocycles. The predicted octanol–water partition coefficient (Wildman–Crippen LogP) is 2.59. The minimum absolute atomic E-state index is 0.0402. The standard InChI is InChI=1S/C14H23NO/c1-12-6-5-7-13(10-12)11-15(4)14(2,3)8-9-16/h5-7,10,16H,8-9,11H2,1-4H3. The van der Waals surface area contributed by atoms with Crippen LogP contribution in [0.15, 0.2) is 24.3 Å². The average Bonchev–Trinajstić information content (AvgIpc) is 2.17. The number of benzene rings is 1. The van der Waals surface area contributed by atoms with Crippen LogP contribution in [-0.2, 0) is 6.54 Å². The number of aliphatic hydroxyl groups excluding tert-OH is 1. The lowest BCUT2D eigenvalue weighted by Gasteiger charge is -2.35. The molecule has 1 aromatic rings. The number of hydrogen-bond acceptors (Lipinski definition) is 2. The molecule has 2 nitrogen and oxygen atoms in total. The minimum Gasteiger partial charge on any atom is -0.396 e. The molecule has 0 atom stereocenters. The van der Waals surface area contributed by atoms with Crippen molar-refractivity contribution >= 4 is 0 Å². The highest BCUT2D eigenvalue weighted by atomic mass is 16.3. The van der Waals surface area contributed by atoms with E-state index in [-0.39, 0.29) is 12.1 Å². The molecule has 0 fully saturated rings. The molecule has 1 aromatic carbocycles. The van der Waals surface area contributed by atoms with Gasteiger partial charge in [-0.1, -0.05) is 29.8 Å². The molecule has 16 heavy (non-hydrogen) atoms.